The molecule has 0 atom stereocenters. The van der Waals surface area contributed by atoms with E-state index in [0.717, 1.165) is 17.1 Å². The normalized spacial score (nSPS) is 9.86. The number of anilines is 3. The van der Waals surface area contributed by atoms with Gasteiger partial charge in [-0.15, -0.1) is 0 Å². The molecular formula is C17H19N3O2. The molecule has 5 heteroatoms. The first-order valence-electron chi connectivity index (χ1n) is 7.16. The van der Waals surface area contributed by atoms with Gasteiger partial charge in [0.25, 0.3) is 0 Å². The van der Waals surface area contributed by atoms with Crippen molar-refractivity contribution < 1.29 is 9.59 Å². The van der Waals surface area contributed by atoms with Crippen LogP contribution in [-0.4, -0.2) is 18.4 Å². The molecule has 0 radical (unpaired) electrons. The average molecular weight is 297 g/mol. The van der Waals surface area contributed by atoms with Crippen molar-refractivity contribution in [3.05, 3.63) is 54.6 Å². The van der Waals surface area contributed by atoms with E-state index in [0.29, 0.717) is 6.42 Å². The van der Waals surface area contributed by atoms with Gasteiger partial charge in [0, 0.05) is 23.5 Å². The molecule has 2 aromatic carbocycles. The Labute approximate surface area is 129 Å². The van der Waals surface area contributed by atoms with E-state index in [1.807, 2.05) is 42.5 Å². The zero-order valence-corrected chi connectivity index (χ0v) is 12.4. The van der Waals surface area contributed by atoms with Crippen molar-refractivity contribution in [2.24, 2.45) is 0 Å². The maximum atomic E-state index is 11.8. The first-order chi connectivity index (χ1) is 10.7. The molecule has 2 amide bonds. The Bertz CT molecular complexity index is 624. The molecule has 2 aromatic rings. The minimum atomic E-state index is -0.116. The molecule has 0 unspecified atom stereocenters. The van der Waals surface area contributed by atoms with Crippen LogP contribution in [0, 0.1) is 0 Å². The van der Waals surface area contributed by atoms with Crippen molar-refractivity contribution in [3.63, 3.8) is 0 Å². The van der Waals surface area contributed by atoms with Crippen LogP contribution in [-0.2, 0) is 9.59 Å². The number of carbonyl (C=O) groups excluding carboxylic acids is 2. The number of benzene rings is 2. The van der Waals surface area contributed by atoms with E-state index in [2.05, 4.69) is 16.0 Å². The summed E-state index contributed by atoms with van der Waals surface area (Å²) in [6.07, 6.45) is 0.444. The Morgan fingerprint density at radius 2 is 1.32 bits per heavy atom. The van der Waals surface area contributed by atoms with Crippen LogP contribution < -0.4 is 16.0 Å². The highest BCUT2D eigenvalue weighted by Gasteiger charge is 2.02. The molecule has 0 fully saturated rings. The highest BCUT2D eigenvalue weighted by atomic mass is 16.2. The maximum absolute atomic E-state index is 11.8. The lowest BCUT2D eigenvalue weighted by Gasteiger charge is -2.09. The van der Waals surface area contributed by atoms with Gasteiger partial charge in [-0.3, -0.25) is 9.59 Å². The van der Waals surface area contributed by atoms with Crippen LogP contribution in [0.15, 0.2) is 54.6 Å². The van der Waals surface area contributed by atoms with Gasteiger partial charge in [-0.05, 0) is 36.4 Å². The average Bonchev–Trinajstić information content (AvgIpc) is 2.55. The molecule has 0 bridgehead atoms. The van der Waals surface area contributed by atoms with E-state index in [4.69, 9.17) is 0 Å². The van der Waals surface area contributed by atoms with E-state index >= 15 is 0 Å². The Morgan fingerprint density at radius 3 is 1.95 bits per heavy atom. The quantitative estimate of drug-likeness (QED) is 0.767. The van der Waals surface area contributed by atoms with Gasteiger partial charge in [0.05, 0.1) is 6.54 Å². The first kappa shape index (κ1) is 15.6. The minimum Gasteiger partial charge on any atom is -0.376 e. The number of hydrogen-bond donors (Lipinski definition) is 3. The molecule has 0 aliphatic heterocycles. The zero-order valence-electron chi connectivity index (χ0n) is 12.4. The van der Waals surface area contributed by atoms with Gasteiger partial charge in [0.15, 0.2) is 0 Å². The topological polar surface area (TPSA) is 70.2 Å². The summed E-state index contributed by atoms with van der Waals surface area (Å²) in [4.78, 5) is 23.1. The largest absolute Gasteiger partial charge is 0.376 e. The van der Waals surface area contributed by atoms with Crippen molar-refractivity contribution in [3.8, 4) is 0 Å². The Hall–Kier alpha value is -2.82. The van der Waals surface area contributed by atoms with E-state index < -0.39 is 0 Å². The summed E-state index contributed by atoms with van der Waals surface area (Å²) in [7, 11) is 0. The standard InChI is InChI=1S/C17H19N3O2/c1-2-16(21)19-15-10-8-13(9-11-15)18-12-17(22)20-14-6-4-3-5-7-14/h3-11,18H,2,12H2,1H3,(H,19,21)(H,20,22). The van der Waals surface area contributed by atoms with Crippen LogP contribution in [0.5, 0.6) is 0 Å². The SMILES string of the molecule is CCC(=O)Nc1ccc(NCC(=O)Nc2ccccc2)cc1. The first-order valence-corrected chi connectivity index (χ1v) is 7.16. The maximum Gasteiger partial charge on any atom is 0.243 e. The summed E-state index contributed by atoms with van der Waals surface area (Å²) < 4.78 is 0. The number of rotatable bonds is 6. The van der Waals surface area contributed by atoms with Crippen LogP contribution in [0.25, 0.3) is 0 Å². The van der Waals surface area contributed by atoms with Crippen LogP contribution in [0.3, 0.4) is 0 Å². The van der Waals surface area contributed by atoms with Crippen LogP contribution >= 0.6 is 0 Å². The van der Waals surface area contributed by atoms with Crippen molar-refractivity contribution in [2.45, 2.75) is 13.3 Å². The summed E-state index contributed by atoms with van der Waals surface area (Å²) in [5.74, 6) is -0.141. The van der Waals surface area contributed by atoms with Crippen molar-refractivity contribution in [1.82, 2.24) is 0 Å². The number of carbonyl (C=O) groups is 2. The molecule has 0 heterocycles. The van der Waals surface area contributed by atoms with E-state index in [9.17, 15) is 9.59 Å². The Morgan fingerprint density at radius 1 is 0.773 bits per heavy atom. The molecule has 0 aliphatic carbocycles. The van der Waals surface area contributed by atoms with Crippen LogP contribution in [0.2, 0.25) is 0 Å². The van der Waals surface area contributed by atoms with Crippen molar-refractivity contribution >= 4 is 28.9 Å². The summed E-state index contributed by atoms with van der Waals surface area (Å²) in [5.41, 5.74) is 2.33. The van der Waals surface area contributed by atoms with Gasteiger partial charge in [0.1, 0.15) is 0 Å². The fourth-order valence-electron chi connectivity index (χ4n) is 1.83. The van der Waals surface area contributed by atoms with Gasteiger partial charge in [-0.25, -0.2) is 0 Å². The lowest BCUT2D eigenvalue weighted by Crippen LogP contribution is -2.21. The molecular weight excluding hydrogens is 278 g/mol. The second kappa shape index (κ2) is 7.83. The number of para-hydroxylation sites is 1. The summed E-state index contributed by atoms with van der Waals surface area (Å²) in [5, 5.41) is 8.60. The highest BCUT2D eigenvalue weighted by Crippen LogP contribution is 2.13. The van der Waals surface area contributed by atoms with Gasteiger partial charge in [-0.1, -0.05) is 25.1 Å². The van der Waals surface area contributed by atoms with Crippen LogP contribution in [0.4, 0.5) is 17.1 Å². The van der Waals surface area contributed by atoms with Crippen LogP contribution in [0.1, 0.15) is 13.3 Å². The summed E-state index contributed by atoms with van der Waals surface area (Å²) in [6.45, 7) is 1.98. The fraction of sp³-hybridized carbons (Fsp3) is 0.176. The molecule has 0 saturated carbocycles. The lowest BCUT2D eigenvalue weighted by molar-refractivity contribution is -0.116. The van der Waals surface area contributed by atoms with Gasteiger partial charge in [-0.2, -0.15) is 0 Å². The second-order valence-electron chi connectivity index (χ2n) is 4.75. The molecule has 114 valence electrons. The molecule has 22 heavy (non-hydrogen) atoms. The molecule has 5 nitrogen and oxygen atoms in total. The number of nitrogens with one attached hydrogen (secondary N) is 3. The highest BCUT2D eigenvalue weighted by molar-refractivity contribution is 5.94. The summed E-state index contributed by atoms with van der Waals surface area (Å²) >= 11 is 0. The Balaban J connectivity index is 1.81. The summed E-state index contributed by atoms with van der Waals surface area (Å²) in [6, 6.07) is 16.5. The third-order valence-electron chi connectivity index (χ3n) is 3.00. The van der Waals surface area contributed by atoms with E-state index in [1.54, 1.807) is 19.1 Å². The third-order valence-corrected chi connectivity index (χ3v) is 3.00. The van der Waals surface area contributed by atoms with E-state index in [-0.39, 0.29) is 18.4 Å². The fourth-order valence-corrected chi connectivity index (χ4v) is 1.83. The number of amides is 2. The zero-order chi connectivity index (χ0) is 15.8. The van der Waals surface area contributed by atoms with Gasteiger partial charge in [0.2, 0.25) is 11.8 Å². The van der Waals surface area contributed by atoms with Gasteiger partial charge < -0.3 is 16.0 Å². The smallest absolute Gasteiger partial charge is 0.243 e. The second-order valence-corrected chi connectivity index (χ2v) is 4.75. The predicted octanol–water partition coefficient (Wildman–Crippen LogP) is 3.09. The molecule has 0 aromatic heterocycles. The predicted molar refractivity (Wildman–Crippen MR) is 88.9 cm³/mol. The molecule has 0 spiro atoms. The molecule has 0 aliphatic rings. The Kier molecular flexibility index (Phi) is 5.54. The molecule has 2 rings (SSSR count). The van der Waals surface area contributed by atoms with Crippen molar-refractivity contribution in [1.29, 1.82) is 0 Å². The third kappa shape index (κ3) is 4.94. The monoisotopic (exact) mass is 297 g/mol. The minimum absolute atomic E-state index is 0.0250. The molecule has 3 N–H and O–H groups in total. The lowest BCUT2D eigenvalue weighted by atomic mass is 10.2. The van der Waals surface area contributed by atoms with Gasteiger partial charge >= 0.3 is 0 Å². The van der Waals surface area contributed by atoms with E-state index in [1.165, 1.54) is 0 Å². The molecule has 0 saturated heterocycles. The number of hydrogen-bond acceptors (Lipinski definition) is 3. The van der Waals surface area contributed by atoms with Crippen molar-refractivity contribution in [2.75, 3.05) is 22.5 Å².